The molecule has 2 heterocycles. The Labute approximate surface area is 252 Å². The summed E-state index contributed by atoms with van der Waals surface area (Å²) in [5, 5.41) is 0.216. The van der Waals surface area contributed by atoms with Crippen molar-refractivity contribution in [2.75, 3.05) is 0 Å². The van der Waals surface area contributed by atoms with Crippen molar-refractivity contribution in [3.8, 4) is 11.3 Å². The second-order valence-electron chi connectivity index (χ2n) is 11.4. The van der Waals surface area contributed by atoms with Gasteiger partial charge in [-0.1, -0.05) is 127 Å². The van der Waals surface area contributed by atoms with E-state index < -0.39 is 0 Å². The smallest absolute Gasteiger partial charge is 0.223 e. The van der Waals surface area contributed by atoms with E-state index in [1.165, 1.54) is 48.8 Å². The lowest BCUT2D eigenvalue weighted by Gasteiger charge is -2.26. The number of unbranched alkanes of at least 4 members (excludes halogenated alkanes) is 3. The Bertz CT molecular complexity index is 1450. The van der Waals surface area contributed by atoms with Gasteiger partial charge in [0.2, 0.25) is 5.28 Å². The number of halogens is 1. The van der Waals surface area contributed by atoms with Gasteiger partial charge in [-0.15, -0.1) is 0 Å². The van der Waals surface area contributed by atoms with Crippen LogP contribution in [-0.4, -0.2) is 21.2 Å². The first-order valence-electron chi connectivity index (χ1n) is 15.2. The zero-order chi connectivity index (χ0) is 29.5. The molecule has 1 saturated carbocycles. The maximum Gasteiger partial charge on any atom is 0.223 e. The largest absolute Gasteiger partial charge is 0.273 e. The normalized spacial score (nSPS) is 20.7. The number of hydrogen-bond donors (Lipinski definition) is 0. The van der Waals surface area contributed by atoms with Crippen molar-refractivity contribution >= 4 is 22.9 Å². The van der Waals surface area contributed by atoms with Crippen LogP contribution < -0.4 is 0 Å². The molecule has 2 atom stereocenters. The van der Waals surface area contributed by atoms with E-state index in [1.807, 2.05) is 12.1 Å². The van der Waals surface area contributed by atoms with Gasteiger partial charge in [0.05, 0.1) is 22.6 Å². The highest BCUT2D eigenvalue weighted by molar-refractivity contribution is 6.28. The number of aliphatic imine (C=N–C) groups is 1. The van der Waals surface area contributed by atoms with Gasteiger partial charge in [-0.25, -0.2) is 9.97 Å². The van der Waals surface area contributed by atoms with Crippen molar-refractivity contribution in [3.63, 3.8) is 0 Å². The molecule has 5 rings (SSSR count). The van der Waals surface area contributed by atoms with E-state index >= 15 is 0 Å². The first-order chi connectivity index (χ1) is 19.8. The number of aryl methyl sites for hydroxylation is 1. The van der Waals surface area contributed by atoms with E-state index in [4.69, 9.17) is 16.6 Å². The number of allylic oxidation sites excluding steroid dienone is 4. The van der Waals surface area contributed by atoms with Gasteiger partial charge >= 0.3 is 0 Å². The van der Waals surface area contributed by atoms with Gasteiger partial charge in [-0.3, -0.25) is 4.99 Å². The van der Waals surface area contributed by atoms with Crippen molar-refractivity contribution < 1.29 is 0 Å². The zero-order valence-electron chi connectivity index (χ0n) is 25.4. The third kappa shape index (κ3) is 6.79. The minimum Gasteiger partial charge on any atom is -0.273 e. The van der Waals surface area contributed by atoms with Crippen molar-refractivity contribution in [3.05, 3.63) is 113 Å². The van der Waals surface area contributed by atoms with Gasteiger partial charge in [-0.05, 0) is 66.6 Å². The topological polar surface area (TPSA) is 38.1 Å². The highest BCUT2D eigenvalue weighted by atomic mass is 35.5. The van der Waals surface area contributed by atoms with Crippen LogP contribution in [0.5, 0.6) is 0 Å². The lowest BCUT2D eigenvalue weighted by Crippen LogP contribution is -2.26. The van der Waals surface area contributed by atoms with Crippen molar-refractivity contribution in [2.24, 2.45) is 4.99 Å². The van der Waals surface area contributed by atoms with Gasteiger partial charge < -0.3 is 0 Å². The molecular weight excluding hydrogens is 522 g/mol. The Morgan fingerprint density at radius 3 is 2.34 bits per heavy atom. The predicted octanol–water partition coefficient (Wildman–Crippen LogP) is 10.4. The lowest BCUT2D eigenvalue weighted by molar-refractivity contribution is 0.650. The predicted molar refractivity (Wildman–Crippen MR) is 177 cm³/mol. The summed E-state index contributed by atoms with van der Waals surface area (Å²) in [5.41, 5.74) is 8.05. The van der Waals surface area contributed by atoms with E-state index in [1.54, 1.807) is 0 Å². The van der Waals surface area contributed by atoms with Crippen molar-refractivity contribution in [1.29, 1.82) is 0 Å². The quantitative estimate of drug-likeness (QED) is 0.139. The van der Waals surface area contributed by atoms with Crippen LogP contribution in [0.4, 0.5) is 0 Å². The average molecular weight is 566 g/mol. The SMILES string of the molecule is C=C(/C=C\C1=NC2(C=CC)CC2(C)c2ccccc21)c1cc(-c2ccc(CCCC)cc2)nc(Cl)n1.CCCCC. The summed E-state index contributed by atoms with van der Waals surface area (Å²) in [5.74, 6) is 0. The Hall–Kier alpha value is -3.30. The van der Waals surface area contributed by atoms with E-state index in [9.17, 15) is 0 Å². The van der Waals surface area contributed by atoms with Gasteiger partial charge in [-0.2, -0.15) is 0 Å². The number of nitrogens with zero attached hydrogens (tertiary/aromatic N) is 3. The van der Waals surface area contributed by atoms with Crippen molar-refractivity contribution in [2.45, 2.75) is 90.5 Å². The van der Waals surface area contributed by atoms with Crippen LogP contribution in [0.3, 0.4) is 0 Å². The molecule has 3 nitrogen and oxygen atoms in total. The van der Waals surface area contributed by atoms with Gasteiger partial charge in [0.15, 0.2) is 0 Å². The monoisotopic (exact) mass is 565 g/mol. The minimum atomic E-state index is -0.161. The molecule has 0 N–H and O–H groups in total. The van der Waals surface area contributed by atoms with Crippen molar-refractivity contribution in [1.82, 2.24) is 9.97 Å². The first-order valence-corrected chi connectivity index (χ1v) is 15.5. The van der Waals surface area contributed by atoms with E-state index in [-0.39, 0.29) is 16.2 Å². The number of fused-ring (bicyclic) bond motifs is 3. The highest BCUT2D eigenvalue weighted by Gasteiger charge is 2.66. The Kier molecular flexibility index (Phi) is 10.1. The van der Waals surface area contributed by atoms with Crippen LogP contribution in [0.15, 0.2) is 90.5 Å². The third-order valence-electron chi connectivity index (χ3n) is 8.26. The summed E-state index contributed by atoms with van der Waals surface area (Å²) >= 11 is 6.33. The highest BCUT2D eigenvalue weighted by Crippen LogP contribution is 2.63. The summed E-state index contributed by atoms with van der Waals surface area (Å²) in [6.45, 7) is 15.3. The van der Waals surface area contributed by atoms with Crippen LogP contribution >= 0.6 is 11.6 Å². The Morgan fingerprint density at radius 1 is 0.976 bits per heavy atom. The molecule has 2 aliphatic rings. The molecule has 0 bridgehead atoms. The van der Waals surface area contributed by atoms with Crippen LogP contribution in [0.25, 0.3) is 16.8 Å². The molecule has 0 saturated heterocycles. The van der Waals surface area contributed by atoms with Gasteiger partial charge in [0, 0.05) is 16.5 Å². The standard InChI is InChI=1S/C32H32ClN3.C5H12/c1-5-7-10-23-14-16-24(17-15-23)29-20-28(34-30(33)35-29)22(3)13-18-27-25-11-8-9-12-26(25)31(4)21-32(31,36-27)19-6-2;1-3-5-4-2/h6,8-9,11-20H,3,5,7,10,21H2,1-2,4H3;3-5H2,1-2H3/b18-13-,19-6?;. The summed E-state index contributed by atoms with van der Waals surface area (Å²) in [6, 6.07) is 19.1. The third-order valence-corrected chi connectivity index (χ3v) is 8.43. The number of hydrogen-bond acceptors (Lipinski definition) is 3. The van der Waals surface area contributed by atoms with Gasteiger partial charge in [0.1, 0.15) is 0 Å². The molecule has 1 aromatic heterocycles. The molecule has 3 aromatic rings. The first kappa shape index (κ1) is 30.7. The molecule has 0 spiro atoms. The summed E-state index contributed by atoms with van der Waals surface area (Å²) < 4.78 is 0. The second kappa shape index (κ2) is 13.6. The molecule has 0 amide bonds. The number of benzene rings is 2. The fourth-order valence-corrected chi connectivity index (χ4v) is 5.89. The van der Waals surface area contributed by atoms with Crippen LogP contribution in [0.1, 0.15) is 95.5 Å². The zero-order valence-corrected chi connectivity index (χ0v) is 26.1. The molecular formula is C37H44ClN3. The molecule has 2 aromatic carbocycles. The molecule has 0 radical (unpaired) electrons. The molecule has 1 fully saturated rings. The fraction of sp³-hybridized carbons (Fsp3) is 0.378. The molecule has 2 unspecified atom stereocenters. The molecule has 41 heavy (non-hydrogen) atoms. The summed E-state index contributed by atoms with van der Waals surface area (Å²) in [7, 11) is 0. The average Bonchev–Trinajstić information content (AvgIpc) is 3.60. The molecule has 1 aliphatic heterocycles. The second-order valence-corrected chi connectivity index (χ2v) is 11.7. The van der Waals surface area contributed by atoms with Gasteiger partial charge in [0.25, 0.3) is 0 Å². The van der Waals surface area contributed by atoms with Crippen LogP contribution in [0, 0.1) is 0 Å². The number of aromatic nitrogens is 2. The van der Waals surface area contributed by atoms with E-state index in [0.29, 0.717) is 5.69 Å². The fourth-order valence-electron chi connectivity index (χ4n) is 5.70. The number of rotatable bonds is 10. The van der Waals surface area contributed by atoms with Crippen LogP contribution in [-0.2, 0) is 11.8 Å². The van der Waals surface area contributed by atoms with E-state index in [0.717, 1.165) is 35.4 Å². The Balaban J connectivity index is 0.000000714. The lowest BCUT2D eigenvalue weighted by atomic mass is 9.84. The minimum absolute atomic E-state index is 0.0611. The summed E-state index contributed by atoms with van der Waals surface area (Å²) in [4.78, 5) is 14.1. The van der Waals surface area contributed by atoms with Crippen LogP contribution in [0.2, 0.25) is 5.28 Å². The Morgan fingerprint density at radius 2 is 1.68 bits per heavy atom. The van der Waals surface area contributed by atoms with E-state index in [2.05, 4.69) is 118 Å². The summed E-state index contributed by atoms with van der Waals surface area (Å²) in [6.07, 6.45) is 17.0. The maximum absolute atomic E-state index is 6.33. The molecule has 4 heteroatoms. The maximum atomic E-state index is 6.33. The molecule has 214 valence electrons. The molecule has 1 aliphatic carbocycles.